The first-order chi connectivity index (χ1) is 20.5. The number of hydrogen-bond donors (Lipinski definition) is 2. The molecule has 0 aromatic heterocycles. The first kappa shape index (κ1) is 33.0. The fourth-order valence-corrected chi connectivity index (χ4v) is 4.88. The van der Waals surface area contributed by atoms with E-state index in [0.29, 0.717) is 13.0 Å². The molecule has 3 rings (SSSR count). The molecule has 0 fully saturated rings. The molecule has 0 spiro atoms. The lowest BCUT2D eigenvalue weighted by Crippen LogP contribution is -2.58. The summed E-state index contributed by atoms with van der Waals surface area (Å²) in [4.78, 5) is 55.8. The molecule has 0 bridgehead atoms. The number of nitrogens with one attached hydrogen (secondary N) is 1. The summed E-state index contributed by atoms with van der Waals surface area (Å²) in [5.41, 5.74) is 9.94. The zero-order valence-electron chi connectivity index (χ0n) is 25.7. The molecule has 3 aromatic rings. The van der Waals surface area contributed by atoms with Gasteiger partial charge >= 0.3 is 0 Å². The lowest BCUT2D eigenvalue weighted by atomic mass is 9.98. The lowest BCUT2D eigenvalue weighted by molar-refractivity contribution is -0.151. The van der Waals surface area contributed by atoms with Gasteiger partial charge in [-0.05, 0) is 46.9 Å². The molecule has 9 nitrogen and oxygen atoms in total. The molecule has 3 aromatic carbocycles. The number of fused-ring (bicyclic) bond motifs is 1. The molecule has 3 N–H and O–H groups in total. The standard InChI is InChI=1S/C34H43N5O4/c1-24(23-35)12-11-17-32(41)37(3)30(22-27-18-19-28-15-9-10-16-29(28)20-27)33(42)38(4)31(21-26-13-7-6-8-14-26)34(43)39(5)36-25(2)40/h6-11,13-20,24,30-31H,12,21-23,35H2,1-5H3,(H,36,40)/t24?,30-,31-/m1/s1. The average molecular weight is 586 g/mol. The van der Waals surface area contributed by atoms with Crippen LogP contribution in [0.1, 0.15) is 31.4 Å². The van der Waals surface area contributed by atoms with Gasteiger partial charge in [0.25, 0.3) is 5.91 Å². The number of hydrazine groups is 1. The fourth-order valence-electron chi connectivity index (χ4n) is 4.88. The highest BCUT2D eigenvalue weighted by molar-refractivity contribution is 5.95. The number of rotatable bonds is 12. The number of allylic oxidation sites excluding steroid dienone is 1. The summed E-state index contributed by atoms with van der Waals surface area (Å²) >= 11 is 0. The third kappa shape index (κ3) is 9.24. The van der Waals surface area contributed by atoms with Gasteiger partial charge in [0.05, 0.1) is 0 Å². The van der Waals surface area contributed by atoms with Crippen LogP contribution in [0.2, 0.25) is 0 Å². The molecule has 0 saturated carbocycles. The van der Waals surface area contributed by atoms with Crippen LogP contribution < -0.4 is 11.2 Å². The van der Waals surface area contributed by atoms with Crippen LogP contribution in [0.4, 0.5) is 0 Å². The second-order valence-corrected chi connectivity index (χ2v) is 11.0. The molecule has 3 atom stereocenters. The molecular formula is C34H43N5O4. The predicted octanol–water partition coefficient (Wildman–Crippen LogP) is 3.33. The van der Waals surface area contributed by atoms with E-state index < -0.39 is 29.8 Å². The van der Waals surface area contributed by atoms with E-state index in [4.69, 9.17) is 5.73 Å². The first-order valence-corrected chi connectivity index (χ1v) is 14.5. The number of carbonyl (C=O) groups is 4. The number of likely N-dealkylation sites (N-methyl/N-ethyl adjacent to an activating group) is 3. The normalized spacial score (nSPS) is 13.3. The minimum atomic E-state index is -0.935. The Kier molecular flexibility index (Phi) is 12.0. The summed E-state index contributed by atoms with van der Waals surface area (Å²) in [6.45, 7) is 3.82. The van der Waals surface area contributed by atoms with Crippen molar-refractivity contribution < 1.29 is 19.2 Å². The molecule has 0 saturated heterocycles. The Labute approximate surface area is 254 Å². The molecule has 228 valence electrons. The van der Waals surface area contributed by atoms with Crippen molar-refractivity contribution in [3.63, 3.8) is 0 Å². The van der Waals surface area contributed by atoms with Gasteiger partial charge in [-0.2, -0.15) is 0 Å². The SMILES string of the molecule is CC(=O)NN(C)C(=O)[C@@H](Cc1ccccc1)N(C)C(=O)[C@@H](Cc1ccc2ccccc2c1)N(C)C(=O)C=CCC(C)CN. The van der Waals surface area contributed by atoms with Crippen LogP contribution in [-0.4, -0.2) is 78.2 Å². The maximum Gasteiger partial charge on any atom is 0.263 e. The van der Waals surface area contributed by atoms with Crippen LogP contribution >= 0.6 is 0 Å². The summed E-state index contributed by atoms with van der Waals surface area (Å²) in [5, 5.41) is 3.20. The Morgan fingerprint density at radius 2 is 1.40 bits per heavy atom. The highest BCUT2D eigenvalue weighted by Crippen LogP contribution is 2.20. The largest absolute Gasteiger partial charge is 0.332 e. The average Bonchev–Trinajstić information content (AvgIpc) is 3.01. The molecule has 43 heavy (non-hydrogen) atoms. The van der Waals surface area contributed by atoms with Gasteiger partial charge in [0.15, 0.2) is 0 Å². The number of amides is 4. The minimum Gasteiger partial charge on any atom is -0.332 e. The van der Waals surface area contributed by atoms with E-state index in [2.05, 4.69) is 5.43 Å². The zero-order chi connectivity index (χ0) is 31.5. The summed E-state index contributed by atoms with van der Waals surface area (Å²) in [6, 6.07) is 21.4. The highest BCUT2D eigenvalue weighted by Gasteiger charge is 2.36. The Hall–Kier alpha value is -4.50. The number of carbonyl (C=O) groups excluding carboxylic acids is 4. The molecule has 0 aliphatic rings. The second-order valence-electron chi connectivity index (χ2n) is 11.0. The monoisotopic (exact) mass is 585 g/mol. The number of hydrogen-bond acceptors (Lipinski definition) is 5. The van der Waals surface area contributed by atoms with Crippen molar-refractivity contribution in [3.8, 4) is 0 Å². The number of benzene rings is 3. The van der Waals surface area contributed by atoms with E-state index in [-0.39, 0.29) is 24.7 Å². The maximum absolute atomic E-state index is 14.3. The van der Waals surface area contributed by atoms with E-state index in [0.717, 1.165) is 26.9 Å². The van der Waals surface area contributed by atoms with Crippen LogP contribution in [0, 0.1) is 5.92 Å². The van der Waals surface area contributed by atoms with Crippen molar-refractivity contribution in [2.75, 3.05) is 27.7 Å². The first-order valence-electron chi connectivity index (χ1n) is 14.5. The summed E-state index contributed by atoms with van der Waals surface area (Å²) in [6.07, 6.45) is 4.37. The molecule has 0 aliphatic carbocycles. The van der Waals surface area contributed by atoms with Gasteiger partial charge in [0, 0.05) is 40.9 Å². The van der Waals surface area contributed by atoms with Crippen molar-refractivity contribution in [2.45, 2.75) is 45.2 Å². The smallest absolute Gasteiger partial charge is 0.263 e. The molecule has 0 radical (unpaired) electrons. The highest BCUT2D eigenvalue weighted by atomic mass is 16.2. The third-order valence-corrected chi connectivity index (χ3v) is 7.57. The molecule has 0 heterocycles. The quantitative estimate of drug-likeness (QED) is 0.250. The van der Waals surface area contributed by atoms with Gasteiger partial charge in [-0.15, -0.1) is 0 Å². The van der Waals surface area contributed by atoms with Gasteiger partial charge in [0.1, 0.15) is 12.1 Å². The van der Waals surface area contributed by atoms with Gasteiger partial charge in [-0.1, -0.05) is 85.8 Å². The summed E-state index contributed by atoms with van der Waals surface area (Å²) < 4.78 is 0. The molecule has 9 heteroatoms. The van der Waals surface area contributed by atoms with E-state index >= 15 is 0 Å². The van der Waals surface area contributed by atoms with Crippen LogP contribution in [-0.2, 0) is 32.0 Å². The zero-order valence-corrected chi connectivity index (χ0v) is 25.7. The number of nitrogens with two attached hydrogens (primary N) is 1. The van der Waals surface area contributed by atoms with E-state index in [9.17, 15) is 19.2 Å². The predicted molar refractivity (Wildman–Crippen MR) is 169 cm³/mol. The Morgan fingerprint density at radius 1 is 0.791 bits per heavy atom. The fraction of sp³-hybridized carbons (Fsp3) is 0.353. The second kappa shape index (κ2) is 15.7. The molecule has 4 amide bonds. The Balaban J connectivity index is 1.97. The van der Waals surface area contributed by atoms with Crippen LogP contribution in [0.3, 0.4) is 0 Å². The van der Waals surface area contributed by atoms with E-state index in [1.807, 2.05) is 79.7 Å². The van der Waals surface area contributed by atoms with Crippen LogP contribution in [0.15, 0.2) is 84.9 Å². The van der Waals surface area contributed by atoms with E-state index in [1.165, 1.54) is 29.8 Å². The Bertz CT molecular complexity index is 1440. The van der Waals surface area contributed by atoms with Gasteiger partial charge in [0.2, 0.25) is 17.7 Å². The molecular weight excluding hydrogens is 542 g/mol. The van der Waals surface area contributed by atoms with Crippen molar-refractivity contribution >= 4 is 34.4 Å². The maximum atomic E-state index is 14.3. The van der Waals surface area contributed by atoms with Gasteiger partial charge < -0.3 is 15.5 Å². The number of nitrogens with zero attached hydrogens (tertiary/aromatic N) is 3. The van der Waals surface area contributed by atoms with Crippen LogP contribution in [0.5, 0.6) is 0 Å². The molecule has 1 unspecified atom stereocenters. The van der Waals surface area contributed by atoms with Crippen molar-refractivity contribution in [3.05, 3.63) is 96.1 Å². The topological polar surface area (TPSA) is 116 Å². The summed E-state index contributed by atoms with van der Waals surface area (Å²) in [7, 11) is 4.63. The lowest BCUT2D eigenvalue weighted by Gasteiger charge is -2.35. The Morgan fingerprint density at radius 3 is 2.05 bits per heavy atom. The molecule has 0 aliphatic heterocycles. The van der Waals surface area contributed by atoms with Crippen molar-refractivity contribution in [2.24, 2.45) is 11.7 Å². The van der Waals surface area contributed by atoms with Crippen molar-refractivity contribution in [1.82, 2.24) is 20.2 Å². The van der Waals surface area contributed by atoms with Gasteiger partial charge in [-0.3, -0.25) is 29.6 Å². The minimum absolute atomic E-state index is 0.223. The van der Waals surface area contributed by atoms with Crippen LogP contribution in [0.25, 0.3) is 10.8 Å². The van der Waals surface area contributed by atoms with Gasteiger partial charge in [-0.25, -0.2) is 0 Å². The summed E-state index contributed by atoms with van der Waals surface area (Å²) in [5.74, 6) is -1.35. The van der Waals surface area contributed by atoms with Crippen molar-refractivity contribution in [1.29, 1.82) is 0 Å². The van der Waals surface area contributed by atoms with E-state index in [1.54, 1.807) is 20.2 Å². The third-order valence-electron chi connectivity index (χ3n) is 7.57.